The minimum Gasteiger partial charge on any atom is -0.378 e. The van der Waals surface area contributed by atoms with Crippen molar-refractivity contribution in [1.29, 1.82) is 0 Å². The fraction of sp³-hybridized carbons (Fsp3) is 0.333. The van der Waals surface area contributed by atoms with Gasteiger partial charge in [-0.2, -0.15) is 0 Å². The molecule has 1 aliphatic heterocycles. The first kappa shape index (κ1) is 13.5. The Hall–Kier alpha value is -1.46. The van der Waals surface area contributed by atoms with Crippen molar-refractivity contribution in [3.63, 3.8) is 0 Å². The molecule has 20 heavy (non-hydrogen) atoms. The molecule has 0 radical (unpaired) electrons. The summed E-state index contributed by atoms with van der Waals surface area (Å²) in [4.78, 5) is 16.4. The number of rotatable bonds is 3. The number of carbonyl (C=O) groups is 1. The lowest BCUT2D eigenvalue weighted by atomic mass is 10.1. The normalized spacial score (nSPS) is 18.4. The van der Waals surface area contributed by atoms with Crippen LogP contribution in [0.1, 0.15) is 19.3 Å². The highest BCUT2D eigenvalue weighted by Gasteiger charge is 2.19. The number of aromatic nitrogens is 1. The van der Waals surface area contributed by atoms with Crippen LogP contribution in [0.15, 0.2) is 34.9 Å². The number of hydrogen-bond acceptors (Lipinski definition) is 3. The SMILES string of the molecule is O=C(CC1CCCO1)Nc1cccc2cc(Br)cnc12. The van der Waals surface area contributed by atoms with Crippen molar-refractivity contribution >= 4 is 38.4 Å². The van der Waals surface area contributed by atoms with Gasteiger partial charge in [0.05, 0.1) is 23.7 Å². The summed E-state index contributed by atoms with van der Waals surface area (Å²) in [6, 6.07) is 7.75. The first-order valence-electron chi connectivity index (χ1n) is 6.68. The monoisotopic (exact) mass is 334 g/mol. The molecule has 1 aromatic heterocycles. The van der Waals surface area contributed by atoms with E-state index in [9.17, 15) is 4.79 Å². The Morgan fingerprint density at radius 2 is 2.40 bits per heavy atom. The van der Waals surface area contributed by atoms with Crippen LogP contribution in [0.5, 0.6) is 0 Å². The van der Waals surface area contributed by atoms with Crippen LogP contribution in [0.4, 0.5) is 5.69 Å². The Bertz CT molecular complexity index is 639. The zero-order valence-electron chi connectivity index (χ0n) is 10.9. The number of amides is 1. The molecule has 0 spiro atoms. The van der Waals surface area contributed by atoms with Gasteiger partial charge in [0, 0.05) is 22.7 Å². The molecule has 2 heterocycles. The van der Waals surface area contributed by atoms with Gasteiger partial charge in [-0.25, -0.2) is 0 Å². The molecule has 1 N–H and O–H groups in total. The van der Waals surface area contributed by atoms with Crippen molar-refractivity contribution in [3.05, 3.63) is 34.9 Å². The zero-order chi connectivity index (χ0) is 13.9. The Labute approximate surface area is 125 Å². The number of carbonyl (C=O) groups excluding carboxylic acids is 1. The van der Waals surface area contributed by atoms with Gasteiger partial charge in [-0.3, -0.25) is 9.78 Å². The molecule has 1 saturated heterocycles. The molecule has 3 rings (SSSR count). The highest BCUT2D eigenvalue weighted by molar-refractivity contribution is 9.10. The highest BCUT2D eigenvalue weighted by atomic mass is 79.9. The number of benzene rings is 1. The van der Waals surface area contributed by atoms with Crippen LogP contribution < -0.4 is 5.32 Å². The largest absolute Gasteiger partial charge is 0.378 e. The lowest BCUT2D eigenvalue weighted by Gasteiger charge is -2.11. The molecule has 1 unspecified atom stereocenters. The zero-order valence-corrected chi connectivity index (χ0v) is 12.5. The van der Waals surface area contributed by atoms with E-state index in [-0.39, 0.29) is 12.0 Å². The third-order valence-corrected chi connectivity index (χ3v) is 3.82. The number of ether oxygens (including phenoxy) is 1. The fourth-order valence-corrected chi connectivity index (χ4v) is 2.80. The van der Waals surface area contributed by atoms with Crippen molar-refractivity contribution in [2.24, 2.45) is 0 Å². The summed E-state index contributed by atoms with van der Waals surface area (Å²) in [5.74, 6) is -0.0193. The Morgan fingerprint density at radius 3 is 3.20 bits per heavy atom. The van der Waals surface area contributed by atoms with E-state index in [4.69, 9.17) is 4.74 Å². The standard InChI is InChI=1S/C15H15BrN2O2/c16-11-7-10-3-1-5-13(15(10)17-9-11)18-14(19)8-12-4-2-6-20-12/h1,3,5,7,9,12H,2,4,6,8H2,(H,18,19). The maximum Gasteiger partial charge on any atom is 0.227 e. The predicted octanol–water partition coefficient (Wildman–Crippen LogP) is 3.50. The van der Waals surface area contributed by atoms with E-state index in [1.807, 2.05) is 24.3 Å². The molecule has 2 aromatic rings. The predicted molar refractivity (Wildman–Crippen MR) is 81.7 cm³/mol. The summed E-state index contributed by atoms with van der Waals surface area (Å²) in [5.41, 5.74) is 1.55. The minimum absolute atomic E-state index is 0.0193. The van der Waals surface area contributed by atoms with Crippen LogP contribution in [0.3, 0.4) is 0 Å². The van der Waals surface area contributed by atoms with Crippen molar-refractivity contribution < 1.29 is 9.53 Å². The van der Waals surface area contributed by atoms with E-state index in [0.29, 0.717) is 6.42 Å². The Kier molecular flexibility index (Phi) is 3.98. The minimum atomic E-state index is -0.0193. The van der Waals surface area contributed by atoms with Gasteiger partial charge in [-0.05, 0) is 40.9 Å². The third-order valence-electron chi connectivity index (χ3n) is 3.39. The first-order chi connectivity index (χ1) is 9.72. The van der Waals surface area contributed by atoms with Crippen LogP contribution >= 0.6 is 15.9 Å². The number of nitrogens with zero attached hydrogens (tertiary/aromatic N) is 1. The number of fused-ring (bicyclic) bond motifs is 1. The topological polar surface area (TPSA) is 51.2 Å². The summed E-state index contributed by atoms with van der Waals surface area (Å²) in [5, 5.41) is 3.93. The lowest BCUT2D eigenvalue weighted by molar-refractivity contribution is -0.118. The molecule has 1 aromatic carbocycles. The fourth-order valence-electron chi connectivity index (χ4n) is 2.45. The molecule has 5 heteroatoms. The smallest absolute Gasteiger partial charge is 0.227 e. The highest BCUT2D eigenvalue weighted by Crippen LogP contribution is 2.24. The van der Waals surface area contributed by atoms with E-state index < -0.39 is 0 Å². The molecule has 0 bridgehead atoms. The third kappa shape index (κ3) is 2.99. The number of anilines is 1. The van der Waals surface area contributed by atoms with Gasteiger partial charge in [0.1, 0.15) is 0 Å². The Morgan fingerprint density at radius 1 is 1.50 bits per heavy atom. The second kappa shape index (κ2) is 5.89. The maximum absolute atomic E-state index is 12.1. The Balaban J connectivity index is 1.78. The molecular weight excluding hydrogens is 320 g/mol. The quantitative estimate of drug-likeness (QED) is 0.934. The van der Waals surface area contributed by atoms with E-state index in [1.165, 1.54) is 0 Å². The van der Waals surface area contributed by atoms with Crippen LogP contribution in [0.25, 0.3) is 10.9 Å². The van der Waals surface area contributed by atoms with Crippen LogP contribution in [0.2, 0.25) is 0 Å². The van der Waals surface area contributed by atoms with Gasteiger partial charge >= 0.3 is 0 Å². The van der Waals surface area contributed by atoms with Gasteiger partial charge in [-0.15, -0.1) is 0 Å². The summed E-state index contributed by atoms with van der Waals surface area (Å²) in [6.45, 7) is 0.766. The number of hydrogen-bond donors (Lipinski definition) is 1. The van der Waals surface area contributed by atoms with Crippen molar-refractivity contribution in [3.8, 4) is 0 Å². The lowest BCUT2D eigenvalue weighted by Crippen LogP contribution is -2.19. The van der Waals surface area contributed by atoms with Gasteiger partial charge in [0.2, 0.25) is 5.91 Å². The number of pyridine rings is 1. The molecule has 1 fully saturated rings. The van der Waals surface area contributed by atoms with E-state index in [2.05, 4.69) is 26.2 Å². The van der Waals surface area contributed by atoms with Gasteiger partial charge < -0.3 is 10.1 Å². The van der Waals surface area contributed by atoms with E-state index in [1.54, 1.807) is 6.20 Å². The summed E-state index contributed by atoms with van der Waals surface area (Å²) >= 11 is 3.40. The van der Waals surface area contributed by atoms with Crippen LogP contribution in [-0.2, 0) is 9.53 Å². The summed E-state index contributed by atoms with van der Waals surface area (Å²) in [6.07, 6.45) is 4.22. The first-order valence-corrected chi connectivity index (χ1v) is 7.47. The molecule has 104 valence electrons. The number of nitrogens with one attached hydrogen (secondary N) is 1. The van der Waals surface area contributed by atoms with Crippen molar-refractivity contribution in [2.45, 2.75) is 25.4 Å². The summed E-state index contributed by atoms with van der Waals surface area (Å²) < 4.78 is 6.41. The molecular formula is C15H15BrN2O2. The van der Waals surface area contributed by atoms with E-state index in [0.717, 1.165) is 40.5 Å². The maximum atomic E-state index is 12.1. The van der Waals surface area contributed by atoms with Crippen molar-refractivity contribution in [2.75, 3.05) is 11.9 Å². The summed E-state index contributed by atoms with van der Waals surface area (Å²) in [7, 11) is 0. The van der Waals surface area contributed by atoms with Crippen LogP contribution in [-0.4, -0.2) is 23.6 Å². The average molecular weight is 335 g/mol. The second-order valence-corrected chi connectivity index (χ2v) is 5.83. The molecule has 0 saturated carbocycles. The average Bonchev–Trinajstić information content (AvgIpc) is 2.91. The van der Waals surface area contributed by atoms with Crippen LogP contribution in [0, 0.1) is 0 Å². The molecule has 1 amide bonds. The molecule has 1 aliphatic rings. The van der Waals surface area contributed by atoms with Crippen molar-refractivity contribution in [1.82, 2.24) is 4.98 Å². The van der Waals surface area contributed by atoms with Gasteiger partial charge in [0.15, 0.2) is 0 Å². The van der Waals surface area contributed by atoms with Gasteiger partial charge in [0.25, 0.3) is 0 Å². The van der Waals surface area contributed by atoms with E-state index >= 15 is 0 Å². The molecule has 4 nitrogen and oxygen atoms in total. The number of halogens is 1. The van der Waals surface area contributed by atoms with Gasteiger partial charge in [-0.1, -0.05) is 12.1 Å². The number of para-hydroxylation sites is 1. The molecule has 0 aliphatic carbocycles. The second-order valence-electron chi connectivity index (χ2n) is 4.92. The molecule has 1 atom stereocenters.